The molecule has 0 saturated heterocycles. The van der Waals surface area contributed by atoms with Crippen LogP contribution in [0.5, 0.6) is 5.75 Å². The largest absolute Gasteiger partial charge is 0.485 e. The van der Waals surface area contributed by atoms with Crippen molar-refractivity contribution in [2.24, 2.45) is 0 Å². The first-order valence-corrected chi connectivity index (χ1v) is 8.34. The van der Waals surface area contributed by atoms with Gasteiger partial charge in [0.2, 0.25) is 11.7 Å². The van der Waals surface area contributed by atoms with Crippen LogP contribution >= 0.6 is 0 Å². The van der Waals surface area contributed by atoms with Crippen LogP contribution in [0.1, 0.15) is 22.1 Å². The van der Waals surface area contributed by atoms with E-state index in [9.17, 15) is 18.4 Å². The summed E-state index contributed by atoms with van der Waals surface area (Å²) in [6, 6.07) is 8.55. The van der Waals surface area contributed by atoms with Gasteiger partial charge in [0.05, 0.1) is 5.56 Å². The summed E-state index contributed by atoms with van der Waals surface area (Å²) < 4.78 is 41.4. The van der Waals surface area contributed by atoms with Crippen LogP contribution in [0.2, 0.25) is 0 Å². The zero-order valence-corrected chi connectivity index (χ0v) is 15.1. The van der Waals surface area contributed by atoms with Crippen LogP contribution in [-0.4, -0.2) is 28.6 Å². The molecule has 3 aromatic rings. The Hall–Kier alpha value is -3.82. The zero-order chi connectivity index (χ0) is 20.8. The average Bonchev–Trinajstić information content (AvgIpc) is 3.09. The molecule has 0 aliphatic heterocycles. The number of nitrogens with one attached hydrogen (secondary N) is 1. The lowest BCUT2D eigenvalue weighted by Gasteiger charge is -2.08. The van der Waals surface area contributed by atoms with Crippen molar-refractivity contribution in [1.29, 1.82) is 0 Å². The van der Waals surface area contributed by atoms with Crippen molar-refractivity contribution in [2.75, 3.05) is 11.9 Å². The SMILES string of the molecule is Cc1nc(COc2ccc(C(=O)OCC(=O)Nc3cc(F)cc(F)c3)cc2)no1. The second-order valence-electron chi connectivity index (χ2n) is 5.83. The van der Waals surface area contributed by atoms with Crippen LogP contribution in [-0.2, 0) is 16.1 Å². The normalized spacial score (nSPS) is 10.4. The van der Waals surface area contributed by atoms with Crippen LogP contribution in [0.15, 0.2) is 47.0 Å². The van der Waals surface area contributed by atoms with E-state index in [4.69, 9.17) is 14.0 Å². The summed E-state index contributed by atoms with van der Waals surface area (Å²) in [6.45, 7) is 1.14. The highest BCUT2D eigenvalue weighted by Crippen LogP contribution is 2.15. The maximum absolute atomic E-state index is 13.1. The second-order valence-corrected chi connectivity index (χ2v) is 5.83. The van der Waals surface area contributed by atoms with E-state index in [0.29, 0.717) is 23.5 Å². The van der Waals surface area contributed by atoms with Gasteiger partial charge in [-0.25, -0.2) is 13.6 Å². The van der Waals surface area contributed by atoms with Gasteiger partial charge in [0.25, 0.3) is 5.91 Å². The number of nitrogens with zero attached hydrogens (tertiary/aromatic N) is 2. The quantitative estimate of drug-likeness (QED) is 0.605. The third-order valence-electron chi connectivity index (χ3n) is 3.51. The van der Waals surface area contributed by atoms with Crippen LogP contribution in [0.25, 0.3) is 0 Å². The molecule has 0 spiro atoms. The number of rotatable bonds is 7. The van der Waals surface area contributed by atoms with E-state index in [0.717, 1.165) is 12.1 Å². The Morgan fingerprint density at radius 1 is 1.10 bits per heavy atom. The van der Waals surface area contributed by atoms with Gasteiger partial charge in [-0.1, -0.05) is 5.16 Å². The molecule has 0 bridgehead atoms. The van der Waals surface area contributed by atoms with Crippen LogP contribution in [0.4, 0.5) is 14.5 Å². The summed E-state index contributed by atoms with van der Waals surface area (Å²) in [7, 11) is 0. The Kier molecular flexibility index (Phi) is 6.12. The Labute approximate surface area is 163 Å². The van der Waals surface area contributed by atoms with Gasteiger partial charge in [-0.3, -0.25) is 4.79 Å². The van der Waals surface area contributed by atoms with Gasteiger partial charge in [-0.05, 0) is 36.4 Å². The van der Waals surface area contributed by atoms with E-state index in [-0.39, 0.29) is 17.9 Å². The van der Waals surface area contributed by atoms with Crippen molar-refractivity contribution in [3.05, 3.63) is 71.4 Å². The van der Waals surface area contributed by atoms with Crippen molar-refractivity contribution >= 4 is 17.6 Å². The zero-order valence-electron chi connectivity index (χ0n) is 15.1. The smallest absolute Gasteiger partial charge is 0.338 e. The van der Waals surface area contributed by atoms with E-state index >= 15 is 0 Å². The molecule has 0 aliphatic carbocycles. The van der Waals surface area contributed by atoms with Gasteiger partial charge in [0.1, 0.15) is 17.4 Å². The number of carbonyl (C=O) groups is 2. The minimum Gasteiger partial charge on any atom is -0.485 e. The summed E-state index contributed by atoms with van der Waals surface area (Å²) in [5.74, 6) is -1.88. The number of carbonyl (C=O) groups excluding carboxylic acids is 2. The molecule has 0 atom stereocenters. The molecule has 1 amide bonds. The third-order valence-corrected chi connectivity index (χ3v) is 3.51. The monoisotopic (exact) mass is 403 g/mol. The van der Waals surface area contributed by atoms with Crippen LogP contribution < -0.4 is 10.1 Å². The summed E-state index contributed by atoms with van der Waals surface area (Å²) in [6.07, 6.45) is 0. The number of halogens is 2. The molecule has 8 nitrogen and oxygen atoms in total. The lowest BCUT2D eigenvalue weighted by atomic mass is 10.2. The van der Waals surface area contributed by atoms with E-state index in [2.05, 4.69) is 15.5 Å². The molecule has 1 heterocycles. The van der Waals surface area contributed by atoms with E-state index in [1.54, 1.807) is 19.1 Å². The molecule has 0 unspecified atom stereocenters. The second kappa shape index (κ2) is 8.91. The number of amides is 1. The number of benzene rings is 2. The van der Waals surface area contributed by atoms with E-state index < -0.39 is 30.1 Å². The van der Waals surface area contributed by atoms with Crippen molar-refractivity contribution in [3.63, 3.8) is 0 Å². The molecule has 0 fully saturated rings. The first kappa shape index (κ1) is 19.9. The summed E-state index contributed by atoms with van der Waals surface area (Å²) in [5, 5.41) is 5.93. The summed E-state index contributed by atoms with van der Waals surface area (Å²) >= 11 is 0. The van der Waals surface area contributed by atoms with Gasteiger partial charge in [-0.2, -0.15) is 4.98 Å². The molecule has 29 heavy (non-hydrogen) atoms. The standard InChI is InChI=1S/C19H15F2N3O5/c1-11-22-17(24-29-11)9-27-16-4-2-12(3-5-16)19(26)28-10-18(25)23-15-7-13(20)6-14(21)8-15/h2-8H,9-10H2,1H3,(H,23,25). The Morgan fingerprint density at radius 3 is 2.41 bits per heavy atom. The fourth-order valence-electron chi connectivity index (χ4n) is 2.27. The molecule has 0 saturated carbocycles. The van der Waals surface area contributed by atoms with Crippen LogP contribution in [0, 0.1) is 18.6 Å². The van der Waals surface area contributed by atoms with Gasteiger partial charge in [0.15, 0.2) is 13.2 Å². The average molecular weight is 403 g/mol. The highest BCUT2D eigenvalue weighted by Gasteiger charge is 2.12. The fourth-order valence-corrected chi connectivity index (χ4v) is 2.27. The lowest BCUT2D eigenvalue weighted by molar-refractivity contribution is -0.119. The van der Waals surface area contributed by atoms with Crippen molar-refractivity contribution in [3.8, 4) is 5.75 Å². The number of aromatic nitrogens is 2. The first-order valence-electron chi connectivity index (χ1n) is 8.34. The van der Waals surface area contributed by atoms with Gasteiger partial charge in [-0.15, -0.1) is 0 Å². The van der Waals surface area contributed by atoms with E-state index in [1.807, 2.05) is 0 Å². The van der Waals surface area contributed by atoms with Crippen molar-refractivity contribution < 1.29 is 32.4 Å². The fraction of sp³-hybridized carbons (Fsp3) is 0.158. The predicted octanol–water partition coefficient (Wildman–Crippen LogP) is 3.03. The molecule has 1 aromatic heterocycles. The molecule has 0 aliphatic rings. The maximum Gasteiger partial charge on any atom is 0.338 e. The summed E-state index contributed by atoms with van der Waals surface area (Å²) in [5.41, 5.74) is 0.110. The Morgan fingerprint density at radius 2 is 1.79 bits per heavy atom. The van der Waals surface area contributed by atoms with Crippen LogP contribution in [0.3, 0.4) is 0 Å². The number of hydrogen-bond donors (Lipinski definition) is 1. The number of ether oxygens (including phenoxy) is 2. The molecule has 10 heteroatoms. The van der Waals surface area contributed by atoms with Gasteiger partial charge >= 0.3 is 5.97 Å². The third kappa shape index (κ3) is 5.83. The predicted molar refractivity (Wildman–Crippen MR) is 95.1 cm³/mol. The first-order chi connectivity index (χ1) is 13.9. The number of anilines is 1. The maximum atomic E-state index is 13.1. The Bertz CT molecular complexity index is 1000. The number of esters is 1. The highest BCUT2D eigenvalue weighted by atomic mass is 19.1. The van der Waals surface area contributed by atoms with Gasteiger partial charge < -0.3 is 19.3 Å². The molecule has 3 rings (SSSR count). The minimum atomic E-state index is -0.839. The van der Waals surface area contributed by atoms with E-state index in [1.165, 1.54) is 12.1 Å². The van der Waals surface area contributed by atoms with Crippen molar-refractivity contribution in [2.45, 2.75) is 13.5 Å². The minimum absolute atomic E-state index is 0.0816. The summed E-state index contributed by atoms with van der Waals surface area (Å²) in [4.78, 5) is 27.8. The Balaban J connectivity index is 1.48. The highest BCUT2D eigenvalue weighted by molar-refractivity contribution is 5.95. The van der Waals surface area contributed by atoms with Gasteiger partial charge in [0, 0.05) is 18.7 Å². The number of hydrogen-bond acceptors (Lipinski definition) is 7. The molecular weight excluding hydrogens is 388 g/mol. The topological polar surface area (TPSA) is 104 Å². The number of aryl methyl sites for hydroxylation is 1. The lowest BCUT2D eigenvalue weighted by Crippen LogP contribution is -2.21. The molecule has 2 aromatic carbocycles. The molecule has 1 N–H and O–H groups in total. The molecular formula is C19H15F2N3O5. The molecule has 0 radical (unpaired) electrons. The van der Waals surface area contributed by atoms with Crippen molar-refractivity contribution in [1.82, 2.24) is 10.1 Å². The molecule has 150 valence electrons.